The third-order valence-electron chi connectivity index (χ3n) is 2.17. The summed E-state index contributed by atoms with van der Waals surface area (Å²) in [6.07, 6.45) is 0. The van der Waals surface area contributed by atoms with E-state index in [0.717, 1.165) is 11.3 Å². The number of carbonyl (C=O) groups is 1. The normalized spacial score (nSPS) is 9.87. The van der Waals surface area contributed by atoms with E-state index in [4.69, 9.17) is 16.3 Å². The summed E-state index contributed by atoms with van der Waals surface area (Å²) < 4.78 is 9.81. The lowest BCUT2D eigenvalue weighted by Crippen LogP contribution is -2.06. The Morgan fingerprint density at radius 1 is 1.40 bits per heavy atom. The fraction of sp³-hybridized carbons (Fsp3) is 0.364. The third kappa shape index (κ3) is 2.42. The van der Waals surface area contributed by atoms with Crippen LogP contribution < -0.4 is 4.74 Å². The minimum Gasteiger partial charge on any atom is -0.496 e. The Kier molecular flexibility index (Phi) is 3.97. The molecule has 0 N–H and O–H groups in total. The van der Waals surface area contributed by atoms with Gasteiger partial charge < -0.3 is 9.47 Å². The maximum atomic E-state index is 11.4. The highest BCUT2D eigenvalue weighted by Crippen LogP contribution is 2.24. The molecule has 0 radical (unpaired) electrons. The van der Waals surface area contributed by atoms with Gasteiger partial charge in [-0.15, -0.1) is 11.6 Å². The van der Waals surface area contributed by atoms with Crippen LogP contribution in [-0.4, -0.2) is 20.2 Å². The smallest absolute Gasteiger partial charge is 0.338 e. The molecule has 0 fully saturated rings. The number of halogens is 1. The number of aryl methyl sites for hydroxylation is 1. The van der Waals surface area contributed by atoms with Crippen LogP contribution in [0.1, 0.15) is 21.5 Å². The first kappa shape index (κ1) is 11.9. The zero-order valence-corrected chi connectivity index (χ0v) is 9.72. The van der Waals surface area contributed by atoms with Gasteiger partial charge in [0.05, 0.1) is 19.8 Å². The van der Waals surface area contributed by atoms with Gasteiger partial charge in [0, 0.05) is 5.88 Å². The van der Waals surface area contributed by atoms with Crippen LogP contribution in [0.25, 0.3) is 0 Å². The first-order valence-corrected chi connectivity index (χ1v) is 4.99. The highest BCUT2D eigenvalue weighted by atomic mass is 35.5. The van der Waals surface area contributed by atoms with E-state index in [0.29, 0.717) is 11.1 Å². The standard InChI is InChI=1S/C11H13ClO3/c1-7-4-9(11(13)15-3)8(6-12)5-10(7)14-2/h4-5H,6H2,1-3H3. The highest BCUT2D eigenvalue weighted by Gasteiger charge is 2.14. The van der Waals surface area contributed by atoms with Crippen molar-refractivity contribution in [3.63, 3.8) is 0 Å². The van der Waals surface area contributed by atoms with Crippen molar-refractivity contribution in [2.75, 3.05) is 14.2 Å². The molecule has 1 aromatic rings. The number of hydrogen-bond donors (Lipinski definition) is 0. The van der Waals surface area contributed by atoms with E-state index in [9.17, 15) is 4.79 Å². The van der Waals surface area contributed by atoms with Crippen LogP contribution in [0.15, 0.2) is 12.1 Å². The van der Waals surface area contributed by atoms with Crippen molar-refractivity contribution in [2.24, 2.45) is 0 Å². The summed E-state index contributed by atoms with van der Waals surface area (Å²) in [6, 6.07) is 3.48. The molecule has 0 unspecified atom stereocenters. The fourth-order valence-electron chi connectivity index (χ4n) is 1.36. The minimum absolute atomic E-state index is 0.251. The van der Waals surface area contributed by atoms with Crippen LogP contribution >= 0.6 is 11.6 Å². The Morgan fingerprint density at radius 3 is 2.53 bits per heavy atom. The predicted molar refractivity (Wildman–Crippen MR) is 58.6 cm³/mol. The number of hydrogen-bond acceptors (Lipinski definition) is 3. The van der Waals surface area contributed by atoms with E-state index in [-0.39, 0.29) is 11.8 Å². The first-order valence-electron chi connectivity index (χ1n) is 4.45. The summed E-state index contributed by atoms with van der Waals surface area (Å²) >= 11 is 5.75. The molecule has 1 aromatic carbocycles. The lowest BCUT2D eigenvalue weighted by molar-refractivity contribution is 0.0599. The van der Waals surface area contributed by atoms with Gasteiger partial charge in [0.25, 0.3) is 0 Å². The summed E-state index contributed by atoms with van der Waals surface area (Å²) in [5.74, 6) is 0.593. The molecule has 0 amide bonds. The summed E-state index contributed by atoms with van der Waals surface area (Å²) in [5, 5.41) is 0. The number of carbonyl (C=O) groups excluding carboxylic acids is 1. The second-order valence-electron chi connectivity index (χ2n) is 3.10. The van der Waals surface area contributed by atoms with E-state index in [1.807, 2.05) is 6.92 Å². The number of ether oxygens (including phenoxy) is 2. The molecule has 0 spiro atoms. The molecule has 3 nitrogen and oxygen atoms in total. The van der Waals surface area contributed by atoms with Crippen molar-refractivity contribution in [2.45, 2.75) is 12.8 Å². The van der Waals surface area contributed by atoms with Crippen molar-refractivity contribution in [1.29, 1.82) is 0 Å². The molecule has 0 saturated carbocycles. The molecule has 15 heavy (non-hydrogen) atoms. The van der Waals surface area contributed by atoms with Gasteiger partial charge in [0.1, 0.15) is 5.75 Å². The van der Waals surface area contributed by atoms with E-state index in [2.05, 4.69) is 4.74 Å². The van der Waals surface area contributed by atoms with Crippen LogP contribution in [0.2, 0.25) is 0 Å². The molecule has 4 heteroatoms. The lowest BCUT2D eigenvalue weighted by atomic mass is 10.0. The van der Waals surface area contributed by atoms with Crippen LogP contribution in [0.5, 0.6) is 5.75 Å². The van der Waals surface area contributed by atoms with E-state index >= 15 is 0 Å². The number of rotatable bonds is 3. The largest absolute Gasteiger partial charge is 0.496 e. The molecule has 0 aliphatic heterocycles. The molecule has 0 atom stereocenters. The molecular formula is C11H13ClO3. The lowest BCUT2D eigenvalue weighted by Gasteiger charge is -2.10. The van der Waals surface area contributed by atoms with Crippen LogP contribution in [0.3, 0.4) is 0 Å². The number of benzene rings is 1. The molecule has 1 rings (SSSR count). The Labute approximate surface area is 93.9 Å². The average molecular weight is 229 g/mol. The molecule has 0 bridgehead atoms. The van der Waals surface area contributed by atoms with Gasteiger partial charge in [0.2, 0.25) is 0 Å². The van der Waals surface area contributed by atoms with Gasteiger partial charge in [0.15, 0.2) is 0 Å². The number of esters is 1. The Balaban J connectivity index is 3.27. The zero-order chi connectivity index (χ0) is 11.4. The Bertz CT molecular complexity index is 374. The zero-order valence-electron chi connectivity index (χ0n) is 8.96. The molecular weight excluding hydrogens is 216 g/mol. The second-order valence-corrected chi connectivity index (χ2v) is 3.37. The van der Waals surface area contributed by atoms with Crippen LogP contribution in [0.4, 0.5) is 0 Å². The van der Waals surface area contributed by atoms with E-state index in [1.165, 1.54) is 7.11 Å². The third-order valence-corrected chi connectivity index (χ3v) is 2.46. The van der Waals surface area contributed by atoms with Crippen molar-refractivity contribution in [3.8, 4) is 5.75 Å². The van der Waals surface area contributed by atoms with E-state index < -0.39 is 0 Å². The van der Waals surface area contributed by atoms with E-state index in [1.54, 1.807) is 19.2 Å². The van der Waals surface area contributed by atoms with Gasteiger partial charge >= 0.3 is 5.97 Å². The highest BCUT2D eigenvalue weighted by molar-refractivity contribution is 6.17. The SMILES string of the molecule is COC(=O)c1cc(C)c(OC)cc1CCl. The average Bonchev–Trinajstić information content (AvgIpc) is 2.27. The minimum atomic E-state index is -0.378. The molecule has 0 aliphatic rings. The van der Waals surface area contributed by atoms with Crippen molar-refractivity contribution in [3.05, 3.63) is 28.8 Å². The van der Waals surface area contributed by atoms with Crippen molar-refractivity contribution >= 4 is 17.6 Å². The summed E-state index contributed by atoms with van der Waals surface area (Å²) in [7, 11) is 2.93. The van der Waals surface area contributed by atoms with Crippen LogP contribution in [-0.2, 0) is 10.6 Å². The quantitative estimate of drug-likeness (QED) is 0.589. The molecule has 0 saturated heterocycles. The first-order chi connectivity index (χ1) is 7.13. The molecule has 82 valence electrons. The topological polar surface area (TPSA) is 35.5 Å². The maximum Gasteiger partial charge on any atom is 0.338 e. The van der Waals surface area contributed by atoms with Gasteiger partial charge in [-0.05, 0) is 30.2 Å². The van der Waals surface area contributed by atoms with Gasteiger partial charge in [-0.1, -0.05) is 0 Å². The van der Waals surface area contributed by atoms with Crippen LogP contribution in [0, 0.1) is 6.92 Å². The molecule has 0 heterocycles. The van der Waals surface area contributed by atoms with Gasteiger partial charge in [-0.3, -0.25) is 0 Å². The Hall–Kier alpha value is -1.22. The molecule has 0 aromatic heterocycles. The summed E-state index contributed by atoms with van der Waals surface area (Å²) in [5.41, 5.74) is 2.09. The number of alkyl halides is 1. The summed E-state index contributed by atoms with van der Waals surface area (Å²) in [4.78, 5) is 11.4. The van der Waals surface area contributed by atoms with Gasteiger partial charge in [-0.25, -0.2) is 4.79 Å². The predicted octanol–water partition coefficient (Wildman–Crippen LogP) is 2.53. The Morgan fingerprint density at radius 2 is 2.07 bits per heavy atom. The monoisotopic (exact) mass is 228 g/mol. The van der Waals surface area contributed by atoms with Crippen molar-refractivity contribution in [1.82, 2.24) is 0 Å². The van der Waals surface area contributed by atoms with Crippen molar-refractivity contribution < 1.29 is 14.3 Å². The second kappa shape index (κ2) is 5.03. The fourth-order valence-corrected chi connectivity index (χ4v) is 1.58. The maximum absolute atomic E-state index is 11.4. The number of methoxy groups -OCH3 is 2. The summed E-state index contributed by atoms with van der Waals surface area (Å²) in [6.45, 7) is 1.86. The van der Waals surface area contributed by atoms with Gasteiger partial charge in [-0.2, -0.15) is 0 Å². The molecule has 0 aliphatic carbocycles.